The number of halogens is 3. The molecule has 0 bridgehead atoms. The Kier molecular flexibility index (Phi) is 2.34. The highest BCUT2D eigenvalue weighted by Crippen LogP contribution is 2.35. The van der Waals surface area contributed by atoms with Crippen molar-refractivity contribution in [3.63, 3.8) is 0 Å². The van der Waals surface area contributed by atoms with E-state index in [-0.39, 0.29) is 11.7 Å². The van der Waals surface area contributed by atoms with Gasteiger partial charge in [0.2, 0.25) is 0 Å². The number of hydrogen-bond acceptors (Lipinski definition) is 2. The molecule has 1 aliphatic heterocycles. The lowest BCUT2D eigenvalue weighted by Gasteiger charge is -2.28. The Bertz CT molecular complexity index is 371. The van der Waals surface area contributed by atoms with Crippen molar-refractivity contribution in [3.05, 3.63) is 29.3 Å². The number of nitrogens with one attached hydrogen (secondary N) is 1. The van der Waals surface area contributed by atoms with E-state index in [2.05, 4.69) is 5.32 Å². The van der Waals surface area contributed by atoms with Crippen LogP contribution in [0.5, 0.6) is 5.75 Å². The number of phenols is 1. The molecule has 2 nitrogen and oxygen atoms in total. The lowest BCUT2D eigenvalue weighted by Crippen LogP contribution is -2.39. The van der Waals surface area contributed by atoms with Crippen molar-refractivity contribution >= 4 is 0 Å². The van der Waals surface area contributed by atoms with E-state index in [0.29, 0.717) is 18.7 Å². The van der Waals surface area contributed by atoms with E-state index in [1.54, 1.807) is 0 Å². The molecule has 0 radical (unpaired) electrons. The highest BCUT2D eigenvalue weighted by molar-refractivity contribution is 5.41. The van der Waals surface area contributed by atoms with Crippen LogP contribution in [0.2, 0.25) is 0 Å². The molecule has 0 aromatic heterocycles. The first kappa shape index (κ1) is 10.3. The first-order chi connectivity index (χ1) is 6.98. The van der Waals surface area contributed by atoms with Crippen molar-refractivity contribution < 1.29 is 18.3 Å². The van der Waals surface area contributed by atoms with Crippen LogP contribution in [-0.4, -0.2) is 18.2 Å². The van der Waals surface area contributed by atoms with Gasteiger partial charge in [0.15, 0.2) is 0 Å². The maximum atomic E-state index is 12.3. The summed E-state index contributed by atoms with van der Waals surface area (Å²) in [6.45, 7) is 1.41. The lowest BCUT2D eigenvalue weighted by molar-refractivity contribution is -0.137. The average Bonchev–Trinajstić information content (AvgIpc) is 2.03. The highest BCUT2D eigenvalue weighted by Gasteiger charge is 2.32. The van der Waals surface area contributed by atoms with E-state index < -0.39 is 11.7 Å². The van der Waals surface area contributed by atoms with Gasteiger partial charge in [-0.1, -0.05) is 6.07 Å². The fraction of sp³-hybridized carbons (Fsp3) is 0.400. The van der Waals surface area contributed by atoms with Crippen LogP contribution >= 0.6 is 0 Å². The zero-order valence-electron chi connectivity index (χ0n) is 7.80. The van der Waals surface area contributed by atoms with Crippen LogP contribution in [0.25, 0.3) is 0 Å². The van der Waals surface area contributed by atoms with Crippen LogP contribution in [-0.2, 0) is 6.18 Å². The number of aromatic hydroxyl groups is 1. The molecule has 0 saturated carbocycles. The predicted octanol–water partition coefficient (Wildman–Crippen LogP) is 2.10. The smallest absolute Gasteiger partial charge is 0.416 e. The summed E-state index contributed by atoms with van der Waals surface area (Å²) in [4.78, 5) is 0. The molecule has 0 unspecified atom stereocenters. The molecule has 1 aromatic carbocycles. The largest absolute Gasteiger partial charge is 0.508 e. The quantitative estimate of drug-likeness (QED) is 0.755. The van der Waals surface area contributed by atoms with E-state index in [9.17, 15) is 18.3 Å². The molecule has 5 heteroatoms. The van der Waals surface area contributed by atoms with Crippen molar-refractivity contribution in [1.29, 1.82) is 0 Å². The van der Waals surface area contributed by atoms with Gasteiger partial charge < -0.3 is 10.4 Å². The average molecular weight is 217 g/mol. The van der Waals surface area contributed by atoms with Gasteiger partial charge in [-0.25, -0.2) is 0 Å². The summed E-state index contributed by atoms with van der Waals surface area (Å²) in [6.07, 6.45) is -4.39. The minimum Gasteiger partial charge on any atom is -0.508 e. The summed E-state index contributed by atoms with van der Waals surface area (Å²) < 4.78 is 36.8. The second-order valence-electron chi connectivity index (χ2n) is 3.63. The molecule has 0 aliphatic carbocycles. The molecule has 15 heavy (non-hydrogen) atoms. The van der Waals surface area contributed by atoms with Gasteiger partial charge in [0.25, 0.3) is 0 Å². The van der Waals surface area contributed by atoms with Crippen molar-refractivity contribution in [2.24, 2.45) is 0 Å². The van der Waals surface area contributed by atoms with Gasteiger partial charge in [-0.05, 0) is 17.7 Å². The molecular formula is C10H10F3NO. The SMILES string of the molecule is Oc1cc(C(F)(F)F)ccc1C1CNC1. The first-order valence-electron chi connectivity index (χ1n) is 4.59. The van der Waals surface area contributed by atoms with Crippen LogP contribution in [0.1, 0.15) is 17.0 Å². The third-order valence-corrected chi connectivity index (χ3v) is 2.58. The van der Waals surface area contributed by atoms with E-state index in [1.165, 1.54) is 6.07 Å². The van der Waals surface area contributed by atoms with Crippen molar-refractivity contribution in [3.8, 4) is 5.75 Å². The second-order valence-corrected chi connectivity index (χ2v) is 3.63. The molecule has 1 aromatic rings. The summed E-state index contributed by atoms with van der Waals surface area (Å²) in [5.41, 5.74) is -0.224. The second kappa shape index (κ2) is 3.41. The third kappa shape index (κ3) is 1.92. The Labute approximate surface area is 84.7 Å². The van der Waals surface area contributed by atoms with E-state index in [4.69, 9.17) is 0 Å². The molecule has 2 N–H and O–H groups in total. The Morgan fingerprint density at radius 1 is 1.27 bits per heavy atom. The Balaban J connectivity index is 2.30. The van der Waals surface area contributed by atoms with Crippen molar-refractivity contribution in [2.45, 2.75) is 12.1 Å². The molecule has 1 heterocycles. The summed E-state index contributed by atoms with van der Waals surface area (Å²) >= 11 is 0. The monoisotopic (exact) mass is 217 g/mol. The van der Waals surface area contributed by atoms with Crippen LogP contribution in [0.3, 0.4) is 0 Å². The number of hydrogen-bond donors (Lipinski definition) is 2. The fourth-order valence-electron chi connectivity index (χ4n) is 1.57. The van der Waals surface area contributed by atoms with Gasteiger partial charge >= 0.3 is 6.18 Å². The zero-order chi connectivity index (χ0) is 11.1. The van der Waals surface area contributed by atoms with Crippen LogP contribution in [0.15, 0.2) is 18.2 Å². The molecular weight excluding hydrogens is 207 g/mol. The van der Waals surface area contributed by atoms with Gasteiger partial charge in [0.05, 0.1) is 5.56 Å². The van der Waals surface area contributed by atoms with Crippen molar-refractivity contribution in [2.75, 3.05) is 13.1 Å². The van der Waals surface area contributed by atoms with Gasteiger partial charge in [0, 0.05) is 19.0 Å². The van der Waals surface area contributed by atoms with Gasteiger partial charge in [-0.2, -0.15) is 13.2 Å². The minimum atomic E-state index is -4.39. The summed E-state index contributed by atoms with van der Waals surface area (Å²) in [7, 11) is 0. The van der Waals surface area contributed by atoms with Gasteiger partial charge in [-0.15, -0.1) is 0 Å². The zero-order valence-corrected chi connectivity index (χ0v) is 7.80. The molecule has 1 saturated heterocycles. The topological polar surface area (TPSA) is 32.3 Å². The standard InChI is InChI=1S/C10H10F3NO/c11-10(12,13)7-1-2-8(9(15)3-7)6-4-14-5-6/h1-3,6,14-15H,4-5H2. The molecule has 0 atom stereocenters. The fourth-order valence-corrected chi connectivity index (χ4v) is 1.57. The number of phenolic OH excluding ortho intramolecular Hbond substituents is 1. The normalized spacial score (nSPS) is 17.5. The van der Waals surface area contributed by atoms with Crippen LogP contribution < -0.4 is 5.32 Å². The Morgan fingerprint density at radius 3 is 2.33 bits per heavy atom. The van der Waals surface area contributed by atoms with Crippen LogP contribution in [0.4, 0.5) is 13.2 Å². The lowest BCUT2D eigenvalue weighted by atomic mass is 9.92. The maximum absolute atomic E-state index is 12.3. The molecule has 0 spiro atoms. The summed E-state index contributed by atoms with van der Waals surface area (Å²) in [5.74, 6) is -0.136. The van der Waals surface area contributed by atoms with Gasteiger partial charge in [0.1, 0.15) is 5.75 Å². The Morgan fingerprint density at radius 2 is 1.93 bits per heavy atom. The van der Waals surface area contributed by atoms with E-state index in [0.717, 1.165) is 12.1 Å². The molecule has 1 fully saturated rings. The summed E-state index contributed by atoms with van der Waals surface area (Å²) in [5, 5.41) is 12.5. The molecule has 0 amide bonds. The predicted molar refractivity (Wildman–Crippen MR) is 48.7 cm³/mol. The summed E-state index contributed by atoms with van der Waals surface area (Å²) in [6, 6.07) is 3.14. The molecule has 1 aliphatic rings. The third-order valence-electron chi connectivity index (χ3n) is 2.58. The Hall–Kier alpha value is -1.23. The van der Waals surface area contributed by atoms with Gasteiger partial charge in [-0.3, -0.25) is 0 Å². The molecule has 82 valence electrons. The van der Waals surface area contributed by atoms with E-state index in [1.807, 2.05) is 0 Å². The number of rotatable bonds is 1. The first-order valence-corrected chi connectivity index (χ1v) is 4.59. The van der Waals surface area contributed by atoms with E-state index >= 15 is 0 Å². The highest BCUT2D eigenvalue weighted by atomic mass is 19.4. The minimum absolute atomic E-state index is 0.132. The maximum Gasteiger partial charge on any atom is 0.416 e. The molecule has 2 rings (SSSR count). The van der Waals surface area contributed by atoms with Crippen LogP contribution in [0, 0.1) is 0 Å². The number of alkyl halides is 3. The number of benzene rings is 1. The van der Waals surface area contributed by atoms with Crippen molar-refractivity contribution in [1.82, 2.24) is 5.32 Å².